The van der Waals surface area contributed by atoms with Crippen LogP contribution >= 0.6 is 15.9 Å². The van der Waals surface area contributed by atoms with Crippen molar-refractivity contribution in [1.29, 1.82) is 0 Å². The number of ether oxygens (including phenoxy) is 1. The second kappa shape index (κ2) is 16.4. The predicted molar refractivity (Wildman–Crippen MR) is 185 cm³/mol. The number of amides is 2. The molecular weight excluding hydrogens is 666 g/mol. The highest BCUT2D eigenvalue weighted by Gasteiger charge is 2.34. The van der Waals surface area contributed by atoms with Crippen LogP contribution in [-0.2, 0) is 32.6 Å². The molecule has 1 N–H and O–H groups in total. The van der Waals surface area contributed by atoms with Gasteiger partial charge in [-0.25, -0.2) is 8.42 Å². The molecule has 0 bridgehead atoms. The van der Waals surface area contributed by atoms with Crippen LogP contribution in [0.4, 0.5) is 5.69 Å². The summed E-state index contributed by atoms with van der Waals surface area (Å²) in [5, 5.41) is 3.01. The van der Waals surface area contributed by atoms with E-state index in [9.17, 15) is 18.0 Å². The van der Waals surface area contributed by atoms with Crippen LogP contribution in [0.5, 0.6) is 5.75 Å². The summed E-state index contributed by atoms with van der Waals surface area (Å²) in [6.45, 7) is 4.00. The van der Waals surface area contributed by atoms with Crippen LogP contribution in [0.15, 0.2) is 112 Å². The summed E-state index contributed by atoms with van der Waals surface area (Å²) in [6, 6.07) is 29.2. The number of hydrogen-bond donors (Lipinski definition) is 1. The Hall–Kier alpha value is -4.15. The Balaban J connectivity index is 1.78. The van der Waals surface area contributed by atoms with Gasteiger partial charge in [-0.15, -0.1) is 0 Å². The number of hydrogen-bond acceptors (Lipinski definition) is 5. The zero-order valence-corrected chi connectivity index (χ0v) is 28.8. The number of unbranched alkanes of at least 4 members (excludes halogenated alkanes) is 1. The molecule has 2 amide bonds. The molecule has 0 radical (unpaired) electrons. The Morgan fingerprint density at radius 2 is 1.57 bits per heavy atom. The molecule has 4 rings (SSSR count). The highest BCUT2D eigenvalue weighted by molar-refractivity contribution is 9.10. The van der Waals surface area contributed by atoms with Crippen molar-refractivity contribution in [2.24, 2.45) is 0 Å². The fourth-order valence-electron chi connectivity index (χ4n) is 5.01. The first-order valence-corrected chi connectivity index (χ1v) is 17.4. The summed E-state index contributed by atoms with van der Waals surface area (Å²) in [4.78, 5) is 29.9. The molecule has 0 saturated carbocycles. The normalized spacial score (nSPS) is 11.8. The van der Waals surface area contributed by atoms with Gasteiger partial charge in [0.25, 0.3) is 10.0 Å². The van der Waals surface area contributed by atoms with Crippen LogP contribution in [0.2, 0.25) is 0 Å². The van der Waals surface area contributed by atoms with E-state index in [-0.39, 0.29) is 23.8 Å². The molecular formula is C36H40BrN3O5S. The van der Waals surface area contributed by atoms with Gasteiger partial charge < -0.3 is 15.0 Å². The van der Waals surface area contributed by atoms with Crippen molar-refractivity contribution >= 4 is 43.5 Å². The van der Waals surface area contributed by atoms with Crippen LogP contribution in [-0.4, -0.2) is 51.4 Å². The number of methoxy groups -OCH3 is 1. The number of benzene rings is 4. The monoisotopic (exact) mass is 705 g/mol. The fraction of sp³-hybridized carbons (Fsp3) is 0.278. The van der Waals surface area contributed by atoms with Gasteiger partial charge in [-0.3, -0.25) is 13.9 Å². The standard InChI is InChI=1S/C36H40BrN3O5S/c1-4-5-22-38-36(42)34(24-28-10-7-6-8-11-28)39(25-29-12-9-13-30(37)23-29)35(41)26-40(31-16-14-27(2)15-17-31)46(43,44)33-20-18-32(45-3)19-21-33/h6-21,23,34H,4-5,22,24-26H2,1-3H3,(H,38,42)/t34-/m1/s1. The molecule has 10 heteroatoms. The molecule has 0 unspecified atom stereocenters. The number of aryl methyl sites for hydroxylation is 1. The Morgan fingerprint density at radius 3 is 2.20 bits per heavy atom. The number of anilines is 1. The highest BCUT2D eigenvalue weighted by atomic mass is 79.9. The SMILES string of the molecule is CCCCNC(=O)[C@@H](Cc1ccccc1)N(Cc1cccc(Br)c1)C(=O)CN(c1ccc(C)cc1)S(=O)(=O)c1ccc(OC)cc1. The molecule has 0 aliphatic heterocycles. The molecule has 46 heavy (non-hydrogen) atoms. The van der Waals surface area contributed by atoms with Gasteiger partial charge in [0, 0.05) is 24.0 Å². The molecule has 4 aromatic rings. The van der Waals surface area contributed by atoms with Crippen LogP contribution in [0.3, 0.4) is 0 Å². The second-order valence-electron chi connectivity index (χ2n) is 11.0. The van der Waals surface area contributed by atoms with Crippen molar-refractivity contribution in [3.05, 3.63) is 124 Å². The van der Waals surface area contributed by atoms with E-state index in [1.807, 2.05) is 68.4 Å². The van der Waals surface area contributed by atoms with E-state index in [4.69, 9.17) is 4.74 Å². The zero-order valence-electron chi connectivity index (χ0n) is 26.4. The summed E-state index contributed by atoms with van der Waals surface area (Å²) in [7, 11) is -2.70. The second-order valence-corrected chi connectivity index (χ2v) is 13.8. The maximum atomic E-state index is 14.5. The van der Waals surface area contributed by atoms with Gasteiger partial charge in [-0.05, 0) is 73.0 Å². The molecule has 0 spiro atoms. The molecule has 0 fully saturated rings. The lowest BCUT2D eigenvalue weighted by Gasteiger charge is -2.34. The van der Waals surface area contributed by atoms with E-state index in [2.05, 4.69) is 21.2 Å². The van der Waals surface area contributed by atoms with Crippen molar-refractivity contribution in [2.45, 2.75) is 50.6 Å². The predicted octanol–water partition coefficient (Wildman–Crippen LogP) is 6.52. The van der Waals surface area contributed by atoms with E-state index in [0.717, 1.165) is 38.3 Å². The first-order chi connectivity index (χ1) is 22.1. The van der Waals surface area contributed by atoms with Gasteiger partial charge in [0.15, 0.2) is 0 Å². The average Bonchev–Trinajstić information content (AvgIpc) is 3.06. The van der Waals surface area contributed by atoms with Crippen molar-refractivity contribution in [1.82, 2.24) is 10.2 Å². The smallest absolute Gasteiger partial charge is 0.264 e. The quantitative estimate of drug-likeness (QED) is 0.142. The molecule has 8 nitrogen and oxygen atoms in total. The zero-order chi connectivity index (χ0) is 33.1. The summed E-state index contributed by atoms with van der Waals surface area (Å²) < 4.78 is 35.5. The minimum atomic E-state index is -4.20. The Bertz CT molecular complexity index is 1700. The lowest BCUT2D eigenvalue weighted by atomic mass is 10.0. The largest absolute Gasteiger partial charge is 0.497 e. The lowest BCUT2D eigenvalue weighted by Crippen LogP contribution is -2.53. The minimum Gasteiger partial charge on any atom is -0.497 e. The third-order valence-corrected chi connectivity index (χ3v) is 9.87. The van der Waals surface area contributed by atoms with Crippen molar-refractivity contribution in [2.75, 3.05) is 24.5 Å². The van der Waals surface area contributed by atoms with E-state index < -0.39 is 28.5 Å². The van der Waals surface area contributed by atoms with E-state index in [0.29, 0.717) is 18.0 Å². The van der Waals surface area contributed by atoms with Crippen LogP contribution in [0, 0.1) is 6.92 Å². The van der Waals surface area contributed by atoms with Crippen LogP contribution in [0.25, 0.3) is 0 Å². The minimum absolute atomic E-state index is 0.0124. The summed E-state index contributed by atoms with van der Waals surface area (Å²) in [5.41, 5.74) is 2.96. The summed E-state index contributed by atoms with van der Waals surface area (Å²) >= 11 is 3.51. The Morgan fingerprint density at radius 1 is 0.891 bits per heavy atom. The van der Waals surface area contributed by atoms with Crippen molar-refractivity contribution in [3.63, 3.8) is 0 Å². The van der Waals surface area contributed by atoms with Gasteiger partial charge >= 0.3 is 0 Å². The number of halogens is 1. The van der Waals surface area contributed by atoms with Crippen LogP contribution in [0.1, 0.15) is 36.5 Å². The topological polar surface area (TPSA) is 96.0 Å². The van der Waals surface area contributed by atoms with Gasteiger partial charge in [-0.1, -0.05) is 89.4 Å². The first-order valence-electron chi connectivity index (χ1n) is 15.2. The molecule has 0 aliphatic carbocycles. The van der Waals surface area contributed by atoms with Crippen molar-refractivity contribution in [3.8, 4) is 5.75 Å². The summed E-state index contributed by atoms with van der Waals surface area (Å²) in [6.07, 6.45) is 1.96. The number of sulfonamides is 1. The molecule has 242 valence electrons. The van der Waals surface area contributed by atoms with E-state index in [1.54, 1.807) is 36.4 Å². The fourth-order valence-corrected chi connectivity index (χ4v) is 6.87. The molecule has 4 aromatic carbocycles. The number of nitrogens with one attached hydrogen (secondary N) is 1. The molecule has 0 saturated heterocycles. The van der Waals surface area contributed by atoms with Gasteiger partial charge in [0.2, 0.25) is 11.8 Å². The number of carbonyl (C=O) groups excluding carboxylic acids is 2. The molecule has 0 aliphatic rings. The van der Waals surface area contributed by atoms with E-state index >= 15 is 0 Å². The van der Waals surface area contributed by atoms with Crippen LogP contribution < -0.4 is 14.4 Å². The summed E-state index contributed by atoms with van der Waals surface area (Å²) in [5.74, 6) is -0.292. The number of nitrogens with zero attached hydrogens (tertiary/aromatic N) is 2. The lowest BCUT2D eigenvalue weighted by molar-refractivity contribution is -0.140. The van der Waals surface area contributed by atoms with Gasteiger partial charge in [0.1, 0.15) is 18.3 Å². The average molecular weight is 707 g/mol. The Labute approximate surface area is 280 Å². The molecule has 0 heterocycles. The maximum absolute atomic E-state index is 14.5. The molecule has 1 atom stereocenters. The van der Waals surface area contributed by atoms with Gasteiger partial charge in [-0.2, -0.15) is 0 Å². The number of rotatable bonds is 15. The molecule has 0 aromatic heterocycles. The highest BCUT2D eigenvalue weighted by Crippen LogP contribution is 2.27. The third-order valence-electron chi connectivity index (χ3n) is 7.59. The van der Waals surface area contributed by atoms with E-state index in [1.165, 1.54) is 24.1 Å². The Kier molecular flexibility index (Phi) is 12.4. The van der Waals surface area contributed by atoms with Gasteiger partial charge in [0.05, 0.1) is 17.7 Å². The van der Waals surface area contributed by atoms with Crippen molar-refractivity contribution < 1.29 is 22.7 Å². The maximum Gasteiger partial charge on any atom is 0.264 e. The first kappa shape index (κ1) is 34.7. The third kappa shape index (κ3) is 9.20. The number of carbonyl (C=O) groups is 2.